The lowest BCUT2D eigenvalue weighted by Gasteiger charge is -2.16. The number of nitrogens with zero attached hydrogens (tertiary/aromatic N) is 2. The van der Waals surface area contributed by atoms with Gasteiger partial charge in [-0.15, -0.1) is 0 Å². The maximum atomic E-state index is 12.7. The average molecular weight is 311 g/mol. The molecule has 110 valence electrons. The summed E-state index contributed by atoms with van der Waals surface area (Å²) in [6.45, 7) is 1.83. The van der Waals surface area contributed by atoms with Gasteiger partial charge in [0.25, 0.3) is 0 Å². The summed E-state index contributed by atoms with van der Waals surface area (Å²) in [5.41, 5.74) is 0.178. The average Bonchev–Trinajstić information content (AvgIpc) is 2.90. The van der Waals surface area contributed by atoms with Crippen molar-refractivity contribution >= 4 is 17.2 Å². The molecule has 0 amide bonds. The van der Waals surface area contributed by atoms with E-state index in [9.17, 15) is 13.2 Å². The fraction of sp³-hybridized carbons (Fsp3) is 0.286. The minimum absolute atomic E-state index is 0.0324. The molecule has 0 aromatic carbocycles. The van der Waals surface area contributed by atoms with Crippen LogP contribution in [0.2, 0.25) is 0 Å². The predicted molar refractivity (Wildman–Crippen MR) is 75.1 cm³/mol. The summed E-state index contributed by atoms with van der Waals surface area (Å²) in [6, 6.07) is 5.61. The highest BCUT2D eigenvalue weighted by atomic mass is 32.1. The third-order valence-corrected chi connectivity index (χ3v) is 3.54. The summed E-state index contributed by atoms with van der Waals surface area (Å²) in [5.74, 6) is -0.0324. The number of hydrogen-bond acceptors (Lipinski definition) is 4. The molecule has 2 aromatic rings. The van der Waals surface area contributed by atoms with Crippen LogP contribution >= 0.6 is 11.3 Å². The van der Waals surface area contributed by atoms with Crippen molar-refractivity contribution in [3.63, 3.8) is 0 Å². The van der Waals surface area contributed by atoms with E-state index in [1.54, 1.807) is 11.3 Å². The van der Waals surface area contributed by atoms with Crippen LogP contribution in [0.3, 0.4) is 0 Å². The lowest BCUT2D eigenvalue weighted by molar-refractivity contribution is -0.141. The Morgan fingerprint density at radius 1 is 1.38 bits per heavy atom. The first-order valence-corrected chi connectivity index (χ1v) is 7.10. The molecule has 0 bridgehead atoms. The third kappa shape index (κ3) is 3.95. The van der Waals surface area contributed by atoms with E-state index in [-0.39, 0.29) is 17.4 Å². The van der Waals surface area contributed by atoms with Gasteiger partial charge in [0.15, 0.2) is 0 Å². The summed E-state index contributed by atoms with van der Waals surface area (Å²) in [6.07, 6.45) is -3.88. The summed E-state index contributed by atoms with van der Waals surface area (Å²) in [5, 5.41) is 15.8. The Labute approximate surface area is 124 Å². The molecule has 0 fully saturated rings. The Bertz CT molecular complexity index is 644. The molecule has 2 rings (SSSR count). The number of pyridine rings is 1. The van der Waals surface area contributed by atoms with Gasteiger partial charge in [-0.05, 0) is 47.9 Å². The second-order valence-electron chi connectivity index (χ2n) is 4.58. The van der Waals surface area contributed by atoms with E-state index in [4.69, 9.17) is 5.26 Å². The molecule has 2 aromatic heterocycles. The number of thiophene rings is 1. The molecule has 0 spiro atoms. The van der Waals surface area contributed by atoms with Crippen molar-refractivity contribution in [3.8, 4) is 6.07 Å². The molecule has 0 aliphatic heterocycles. The standard InChI is InChI=1S/C14H12F3N3S/c1-9(6-10-4-5-21-8-10)19-13-11(7-18)2-3-12(20-13)14(15,16)17/h2-5,8-9H,6H2,1H3,(H,19,20). The summed E-state index contributed by atoms with van der Waals surface area (Å²) < 4.78 is 38.0. The topological polar surface area (TPSA) is 48.7 Å². The van der Waals surface area contributed by atoms with Gasteiger partial charge in [-0.1, -0.05) is 0 Å². The summed E-state index contributed by atoms with van der Waals surface area (Å²) >= 11 is 1.56. The Balaban J connectivity index is 2.19. The maximum absolute atomic E-state index is 12.7. The molecule has 0 radical (unpaired) electrons. The van der Waals surface area contributed by atoms with E-state index in [0.717, 1.165) is 17.7 Å². The first kappa shape index (κ1) is 15.3. The molecule has 0 saturated carbocycles. The predicted octanol–water partition coefficient (Wildman–Crippen LogP) is 4.08. The van der Waals surface area contributed by atoms with E-state index >= 15 is 0 Å². The van der Waals surface area contributed by atoms with Crippen molar-refractivity contribution in [2.24, 2.45) is 0 Å². The number of aromatic nitrogens is 1. The van der Waals surface area contributed by atoms with Crippen LogP contribution in [0.5, 0.6) is 0 Å². The van der Waals surface area contributed by atoms with E-state index in [2.05, 4.69) is 10.3 Å². The Morgan fingerprint density at radius 3 is 2.71 bits per heavy atom. The zero-order chi connectivity index (χ0) is 15.5. The molecular weight excluding hydrogens is 299 g/mol. The van der Waals surface area contributed by atoms with Gasteiger partial charge in [-0.25, -0.2) is 4.98 Å². The molecule has 1 N–H and O–H groups in total. The van der Waals surface area contributed by atoms with Gasteiger partial charge >= 0.3 is 6.18 Å². The summed E-state index contributed by atoms with van der Waals surface area (Å²) in [4.78, 5) is 3.53. The number of halogens is 3. The van der Waals surface area contributed by atoms with Crippen molar-refractivity contribution in [3.05, 3.63) is 45.8 Å². The van der Waals surface area contributed by atoms with E-state index in [1.165, 1.54) is 0 Å². The molecule has 0 aliphatic carbocycles. The number of alkyl halides is 3. The van der Waals surface area contributed by atoms with Gasteiger partial charge in [-0.2, -0.15) is 29.8 Å². The molecule has 3 nitrogen and oxygen atoms in total. The second-order valence-corrected chi connectivity index (χ2v) is 5.36. The largest absolute Gasteiger partial charge is 0.433 e. The van der Waals surface area contributed by atoms with Crippen LogP contribution in [-0.4, -0.2) is 11.0 Å². The van der Waals surface area contributed by atoms with Crippen LogP contribution in [-0.2, 0) is 12.6 Å². The Morgan fingerprint density at radius 2 is 2.14 bits per heavy atom. The van der Waals surface area contributed by atoms with Crippen molar-refractivity contribution < 1.29 is 13.2 Å². The van der Waals surface area contributed by atoms with Gasteiger partial charge < -0.3 is 5.32 Å². The first-order chi connectivity index (χ1) is 9.90. The molecule has 2 heterocycles. The van der Waals surface area contributed by atoms with Crippen LogP contribution in [0.1, 0.15) is 23.7 Å². The number of rotatable bonds is 4. The normalized spacial score (nSPS) is 12.7. The van der Waals surface area contributed by atoms with E-state index in [1.807, 2.05) is 29.8 Å². The van der Waals surface area contributed by atoms with Crippen molar-refractivity contribution in [2.45, 2.75) is 25.6 Å². The molecule has 7 heteroatoms. The molecule has 0 aliphatic rings. The van der Waals surface area contributed by atoms with Gasteiger partial charge in [0.1, 0.15) is 17.6 Å². The molecule has 1 atom stereocenters. The fourth-order valence-electron chi connectivity index (χ4n) is 1.86. The number of anilines is 1. The van der Waals surface area contributed by atoms with Crippen LogP contribution in [0.15, 0.2) is 29.0 Å². The van der Waals surface area contributed by atoms with Gasteiger partial charge in [0, 0.05) is 6.04 Å². The number of nitriles is 1. The molecular formula is C14H12F3N3S. The van der Waals surface area contributed by atoms with E-state index < -0.39 is 11.9 Å². The third-order valence-electron chi connectivity index (χ3n) is 2.81. The zero-order valence-electron chi connectivity index (χ0n) is 11.1. The number of hydrogen-bond donors (Lipinski definition) is 1. The smallest absolute Gasteiger partial charge is 0.366 e. The minimum atomic E-state index is -4.53. The van der Waals surface area contributed by atoms with Gasteiger partial charge in [-0.3, -0.25) is 0 Å². The SMILES string of the molecule is CC(Cc1ccsc1)Nc1nc(C(F)(F)F)ccc1C#N. The minimum Gasteiger partial charge on any atom is -0.366 e. The molecule has 21 heavy (non-hydrogen) atoms. The fourth-order valence-corrected chi connectivity index (χ4v) is 2.55. The van der Waals surface area contributed by atoms with E-state index in [0.29, 0.717) is 6.42 Å². The van der Waals surface area contributed by atoms with Crippen LogP contribution < -0.4 is 5.32 Å². The lowest BCUT2D eigenvalue weighted by atomic mass is 10.1. The van der Waals surface area contributed by atoms with Crippen LogP contribution in [0.4, 0.5) is 19.0 Å². The van der Waals surface area contributed by atoms with Crippen molar-refractivity contribution in [2.75, 3.05) is 5.32 Å². The second kappa shape index (κ2) is 6.14. The highest BCUT2D eigenvalue weighted by Crippen LogP contribution is 2.29. The van der Waals surface area contributed by atoms with Gasteiger partial charge in [0.2, 0.25) is 0 Å². The zero-order valence-corrected chi connectivity index (χ0v) is 11.9. The Hall–Kier alpha value is -2.07. The highest BCUT2D eigenvalue weighted by molar-refractivity contribution is 7.07. The quantitative estimate of drug-likeness (QED) is 0.925. The lowest BCUT2D eigenvalue weighted by Crippen LogP contribution is -2.20. The monoisotopic (exact) mass is 311 g/mol. The summed E-state index contributed by atoms with van der Waals surface area (Å²) in [7, 11) is 0. The first-order valence-electron chi connectivity index (χ1n) is 6.16. The maximum Gasteiger partial charge on any atom is 0.433 e. The molecule has 1 unspecified atom stereocenters. The highest BCUT2D eigenvalue weighted by Gasteiger charge is 2.33. The van der Waals surface area contributed by atoms with Crippen LogP contribution in [0, 0.1) is 11.3 Å². The van der Waals surface area contributed by atoms with Crippen molar-refractivity contribution in [1.82, 2.24) is 4.98 Å². The number of nitrogens with one attached hydrogen (secondary N) is 1. The molecule has 0 saturated heterocycles. The van der Waals surface area contributed by atoms with Gasteiger partial charge in [0.05, 0.1) is 5.56 Å². The Kier molecular flexibility index (Phi) is 4.48. The van der Waals surface area contributed by atoms with Crippen LogP contribution in [0.25, 0.3) is 0 Å². The van der Waals surface area contributed by atoms with Crippen molar-refractivity contribution in [1.29, 1.82) is 5.26 Å².